The first-order valence-electron chi connectivity index (χ1n) is 5.85. The van der Waals surface area contributed by atoms with Gasteiger partial charge in [0.25, 0.3) is 0 Å². The first kappa shape index (κ1) is 13.1. The summed E-state index contributed by atoms with van der Waals surface area (Å²) in [5.41, 5.74) is 1.76. The Balaban J connectivity index is 2.52. The molecule has 0 saturated carbocycles. The molecule has 1 heterocycles. The molecule has 0 spiro atoms. The zero-order valence-electron chi connectivity index (χ0n) is 11.1. The summed E-state index contributed by atoms with van der Waals surface area (Å²) in [5.74, 6) is 0.775. The lowest BCUT2D eigenvalue weighted by atomic mass is 10.0. The molecule has 0 aliphatic rings. The Bertz CT molecular complexity index is 608. The van der Waals surface area contributed by atoms with Crippen LogP contribution in [0.25, 0.3) is 0 Å². The zero-order valence-corrected chi connectivity index (χ0v) is 11.1. The van der Waals surface area contributed by atoms with Crippen molar-refractivity contribution >= 4 is 5.78 Å². The van der Waals surface area contributed by atoms with Crippen LogP contribution in [-0.2, 0) is 0 Å². The van der Waals surface area contributed by atoms with Gasteiger partial charge in [-0.15, -0.1) is 0 Å². The van der Waals surface area contributed by atoms with E-state index in [0.717, 1.165) is 5.56 Å². The first-order valence-corrected chi connectivity index (χ1v) is 5.85. The largest absolute Gasteiger partial charge is 0.496 e. The van der Waals surface area contributed by atoms with E-state index in [1.165, 1.54) is 14.2 Å². The lowest BCUT2D eigenvalue weighted by molar-refractivity contribution is 0.102. The molecule has 2 aromatic rings. The Hall–Kier alpha value is -2.36. The number of hydrogen-bond acceptors (Lipinski definition) is 4. The van der Waals surface area contributed by atoms with Gasteiger partial charge < -0.3 is 9.47 Å². The first-order chi connectivity index (χ1) is 9.17. The molecule has 0 unspecified atom stereocenters. The van der Waals surface area contributed by atoms with Crippen molar-refractivity contribution in [1.82, 2.24) is 4.98 Å². The van der Waals surface area contributed by atoms with Gasteiger partial charge in [0.1, 0.15) is 11.5 Å². The molecule has 0 N–H and O–H groups in total. The lowest BCUT2D eigenvalue weighted by Crippen LogP contribution is -2.08. The second-order valence-corrected chi connectivity index (χ2v) is 4.09. The maximum Gasteiger partial charge on any atom is 0.218 e. The SMILES string of the molecule is COc1ccc(C)cc1C(=O)c1ncccc1OC. The van der Waals surface area contributed by atoms with E-state index in [9.17, 15) is 4.79 Å². The number of carbonyl (C=O) groups is 1. The second-order valence-electron chi connectivity index (χ2n) is 4.09. The molecule has 19 heavy (non-hydrogen) atoms. The molecule has 0 bridgehead atoms. The van der Waals surface area contributed by atoms with Crippen molar-refractivity contribution in [1.29, 1.82) is 0 Å². The number of pyridine rings is 1. The average molecular weight is 257 g/mol. The van der Waals surface area contributed by atoms with E-state index >= 15 is 0 Å². The number of benzene rings is 1. The lowest BCUT2D eigenvalue weighted by Gasteiger charge is -2.10. The Morgan fingerprint density at radius 1 is 1.11 bits per heavy atom. The molecule has 0 radical (unpaired) electrons. The number of hydrogen-bond donors (Lipinski definition) is 0. The van der Waals surface area contributed by atoms with Crippen molar-refractivity contribution in [3.63, 3.8) is 0 Å². The fraction of sp³-hybridized carbons (Fsp3) is 0.200. The van der Waals surface area contributed by atoms with E-state index in [1.54, 1.807) is 30.5 Å². The molecular formula is C15H15NO3. The summed E-state index contributed by atoms with van der Waals surface area (Å²) >= 11 is 0. The maximum atomic E-state index is 12.5. The molecule has 0 atom stereocenters. The van der Waals surface area contributed by atoms with Gasteiger partial charge in [-0.25, -0.2) is 4.98 Å². The zero-order chi connectivity index (χ0) is 13.8. The predicted octanol–water partition coefficient (Wildman–Crippen LogP) is 2.64. The Morgan fingerprint density at radius 2 is 1.84 bits per heavy atom. The number of methoxy groups -OCH3 is 2. The van der Waals surface area contributed by atoms with E-state index in [-0.39, 0.29) is 11.5 Å². The minimum Gasteiger partial charge on any atom is -0.496 e. The van der Waals surface area contributed by atoms with E-state index in [0.29, 0.717) is 17.1 Å². The highest BCUT2D eigenvalue weighted by Gasteiger charge is 2.19. The third-order valence-electron chi connectivity index (χ3n) is 2.81. The van der Waals surface area contributed by atoms with Crippen molar-refractivity contribution in [2.75, 3.05) is 14.2 Å². The molecule has 98 valence electrons. The van der Waals surface area contributed by atoms with Crippen LogP contribution in [0.1, 0.15) is 21.6 Å². The van der Waals surface area contributed by atoms with Crippen LogP contribution >= 0.6 is 0 Å². The van der Waals surface area contributed by atoms with Crippen LogP contribution in [0.5, 0.6) is 11.5 Å². The van der Waals surface area contributed by atoms with Crippen LogP contribution in [0.2, 0.25) is 0 Å². The summed E-state index contributed by atoms with van der Waals surface area (Å²) in [6, 6.07) is 8.89. The molecule has 4 nitrogen and oxygen atoms in total. The Morgan fingerprint density at radius 3 is 2.53 bits per heavy atom. The summed E-state index contributed by atoms with van der Waals surface area (Å²) in [6.45, 7) is 1.92. The number of ketones is 1. The molecule has 0 amide bonds. The highest BCUT2D eigenvalue weighted by molar-refractivity contribution is 6.11. The molecule has 0 saturated heterocycles. The number of aromatic nitrogens is 1. The third-order valence-corrected chi connectivity index (χ3v) is 2.81. The average Bonchev–Trinajstić information content (AvgIpc) is 2.46. The summed E-state index contributed by atoms with van der Waals surface area (Å²) in [5, 5.41) is 0. The summed E-state index contributed by atoms with van der Waals surface area (Å²) in [7, 11) is 3.05. The molecule has 0 aliphatic heterocycles. The fourth-order valence-corrected chi connectivity index (χ4v) is 1.85. The summed E-state index contributed by atoms with van der Waals surface area (Å²) in [4.78, 5) is 16.6. The van der Waals surface area contributed by atoms with Gasteiger partial charge in [-0.05, 0) is 31.2 Å². The highest BCUT2D eigenvalue weighted by Crippen LogP contribution is 2.25. The van der Waals surface area contributed by atoms with E-state index in [1.807, 2.05) is 13.0 Å². The van der Waals surface area contributed by atoms with Crippen molar-refractivity contribution in [2.45, 2.75) is 6.92 Å². The topological polar surface area (TPSA) is 48.4 Å². The molecule has 0 aliphatic carbocycles. The van der Waals surface area contributed by atoms with Gasteiger partial charge in [0.05, 0.1) is 19.8 Å². The molecule has 1 aromatic heterocycles. The van der Waals surface area contributed by atoms with E-state index < -0.39 is 0 Å². The van der Waals surface area contributed by atoms with Crippen LogP contribution in [0.3, 0.4) is 0 Å². The van der Waals surface area contributed by atoms with Gasteiger partial charge in [0, 0.05) is 6.20 Å². The number of rotatable bonds is 4. The van der Waals surface area contributed by atoms with Crippen molar-refractivity contribution in [2.24, 2.45) is 0 Å². The van der Waals surface area contributed by atoms with Crippen molar-refractivity contribution in [3.8, 4) is 11.5 Å². The molecule has 0 fully saturated rings. The minimum atomic E-state index is -0.210. The summed E-state index contributed by atoms with van der Waals surface area (Å²) in [6.07, 6.45) is 1.57. The van der Waals surface area contributed by atoms with E-state index in [2.05, 4.69) is 4.98 Å². The van der Waals surface area contributed by atoms with Crippen LogP contribution in [0.4, 0.5) is 0 Å². The van der Waals surface area contributed by atoms with Gasteiger partial charge in [-0.3, -0.25) is 4.79 Å². The van der Waals surface area contributed by atoms with Gasteiger partial charge in [0.2, 0.25) is 5.78 Å². The Kier molecular flexibility index (Phi) is 3.80. The number of ether oxygens (including phenoxy) is 2. The van der Waals surface area contributed by atoms with Gasteiger partial charge in [-0.1, -0.05) is 11.6 Å². The van der Waals surface area contributed by atoms with Gasteiger partial charge >= 0.3 is 0 Å². The van der Waals surface area contributed by atoms with Crippen LogP contribution in [-0.4, -0.2) is 25.0 Å². The smallest absolute Gasteiger partial charge is 0.218 e. The summed E-state index contributed by atoms with van der Waals surface area (Å²) < 4.78 is 10.4. The fourth-order valence-electron chi connectivity index (χ4n) is 1.85. The van der Waals surface area contributed by atoms with Crippen LogP contribution < -0.4 is 9.47 Å². The van der Waals surface area contributed by atoms with Gasteiger partial charge in [0.15, 0.2) is 5.69 Å². The van der Waals surface area contributed by atoms with E-state index in [4.69, 9.17) is 9.47 Å². The highest BCUT2D eigenvalue weighted by atomic mass is 16.5. The quantitative estimate of drug-likeness (QED) is 0.790. The van der Waals surface area contributed by atoms with Crippen molar-refractivity contribution in [3.05, 3.63) is 53.3 Å². The standard InChI is InChI=1S/C15H15NO3/c1-10-6-7-12(18-2)11(9-10)15(17)14-13(19-3)5-4-8-16-14/h4-9H,1-3H3. The Labute approximate surface area is 112 Å². The molecule has 4 heteroatoms. The maximum absolute atomic E-state index is 12.5. The second kappa shape index (κ2) is 5.52. The van der Waals surface area contributed by atoms with Crippen LogP contribution in [0, 0.1) is 6.92 Å². The molecular weight excluding hydrogens is 242 g/mol. The normalized spacial score (nSPS) is 10.1. The number of carbonyl (C=O) groups excluding carboxylic acids is 1. The minimum absolute atomic E-state index is 0.210. The third kappa shape index (κ3) is 2.57. The monoisotopic (exact) mass is 257 g/mol. The molecule has 2 rings (SSSR count). The van der Waals surface area contributed by atoms with Crippen molar-refractivity contribution < 1.29 is 14.3 Å². The van der Waals surface area contributed by atoms with Gasteiger partial charge in [-0.2, -0.15) is 0 Å². The molecule has 1 aromatic carbocycles. The predicted molar refractivity (Wildman–Crippen MR) is 72.0 cm³/mol. The number of nitrogens with zero attached hydrogens (tertiary/aromatic N) is 1. The number of aryl methyl sites for hydroxylation is 1. The van der Waals surface area contributed by atoms with Crippen LogP contribution in [0.15, 0.2) is 36.5 Å².